The minimum absolute atomic E-state index is 0.782. The molecule has 0 atom stereocenters. The summed E-state index contributed by atoms with van der Waals surface area (Å²) in [6, 6.07) is 23.7. The molecule has 3 rings (SSSR count). The van der Waals surface area contributed by atoms with E-state index in [-0.39, 0.29) is 0 Å². The molecule has 2 heteroatoms. The largest absolute Gasteiger partial charge is 0.497 e. The lowest BCUT2D eigenvalue weighted by atomic mass is 10.1. The van der Waals surface area contributed by atoms with E-state index in [0.717, 1.165) is 5.75 Å². The summed E-state index contributed by atoms with van der Waals surface area (Å²) in [6.45, 7) is 2.35. The molecule has 99 valence electrons. The average Bonchev–Trinajstić information content (AvgIpc) is 2.53. The van der Waals surface area contributed by atoms with Crippen molar-refractivity contribution in [3.8, 4) is 5.75 Å². The van der Waals surface area contributed by atoms with Crippen LogP contribution >= 0.6 is 0 Å². The monoisotopic (exact) mass is 277 g/mol. The van der Waals surface area contributed by atoms with Gasteiger partial charge in [-0.1, -0.05) is 66.3 Å². The molecule has 0 aliphatic carbocycles. The summed E-state index contributed by atoms with van der Waals surface area (Å²) in [7, 11) is 0.940. The Morgan fingerprint density at radius 1 is 0.850 bits per heavy atom. The van der Waals surface area contributed by atoms with E-state index in [1.807, 2.05) is 6.07 Å². The Kier molecular flexibility index (Phi) is 3.57. The van der Waals surface area contributed by atoms with E-state index in [9.17, 15) is 0 Å². The maximum atomic E-state index is 5.34. The first kappa shape index (κ1) is 12.9. The van der Waals surface area contributed by atoms with Gasteiger partial charge in [-0.3, -0.25) is 0 Å². The fourth-order valence-corrected chi connectivity index (χ4v) is 4.56. The average molecular weight is 277 g/mol. The normalized spacial score (nSPS) is 10.9. The first-order valence-electron chi connectivity index (χ1n) is 6.76. The van der Waals surface area contributed by atoms with Gasteiger partial charge >= 0.3 is 0 Å². The first-order valence-corrected chi connectivity index (χ1v) is 8.76. The Balaban J connectivity index is 2.10. The second-order valence-electron chi connectivity index (χ2n) is 4.88. The van der Waals surface area contributed by atoms with Gasteiger partial charge in [0.2, 0.25) is 0 Å². The van der Waals surface area contributed by atoms with E-state index in [4.69, 9.17) is 4.74 Å². The van der Waals surface area contributed by atoms with E-state index in [2.05, 4.69) is 67.2 Å². The molecule has 0 aliphatic heterocycles. The number of hydrogen-bond acceptors (Lipinski definition) is 1. The van der Waals surface area contributed by atoms with Crippen LogP contribution in [0.15, 0.2) is 66.7 Å². The number of methoxy groups -OCH3 is 1. The van der Waals surface area contributed by atoms with Crippen molar-refractivity contribution in [3.63, 3.8) is 0 Å². The Morgan fingerprint density at radius 2 is 1.60 bits per heavy atom. The lowest BCUT2D eigenvalue weighted by molar-refractivity contribution is 0.415. The zero-order chi connectivity index (χ0) is 13.9. The van der Waals surface area contributed by atoms with Crippen molar-refractivity contribution in [3.05, 3.63) is 66.7 Å². The number of fused-ring (bicyclic) bond motifs is 1. The smallest absolute Gasteiger partial charge is 0.119 e. The van der Waals surface area contributed by atoms with Gasteiger partial charge in [-0.05, 0) is 28.1 Å². The number of ether oxygens (including phenoxy) is 1. The van der Waals surface area contributed by atoms with Crippen LogP contribution in [0, 0.1) is 0 Å². The summed E-state index contributed by atoms with van der Waals surface area (Å²) in [5.74, 6) is 0.937. The minimum Gasteiger partial charge on any atom is -0.497 e. The number of rotatable bonds is 3. The summed E-state index contributed by atoms with van der Waals surface area (Å²) in [5, 5.41) is 5.53. The third-order valence-electron chi connectivity index (χ3n) is 3.70. The Bertz CT molecular complexity index is 731. The fraction of sp³-hybridized carbons (Fsp3) is 0.111. The summed E-state index contributed by atoms with van der Waals surface area (Å²) in [6.07, 6.45) is 0. The standard InChI is InChI=1S/C18H17OSi/c1-19-15-9-6-10-16(13-15)20(2)18-12-5-8-14-7-3-4-11-17(14)18/h3-13H,1-2H3. The van der Waals surface area contributed by atoms with Crippen LogP contribution in [0.3, 0.4) is 0 Å². The second kappa shape index (κ2) is 5.51. The van der Waals surface area contributed by atoms with E-state index in [0.29, 0.717) is 0 Å². The molecule has 0 aliphatic rings. The van der Waals surface area contributed by atoms with Gasteiger partial charge in [0.25, 0.3) is 0 Å². The highest BCUT2D eigenvalue weighted by Gasteiger charge is 2.14. The van der Waals surface area contributed by atoms with E-state index in [1.165, 1.54) is 21.1 Å². The predicted octanol–water partition coefficient (Wildman–Crippen LogP) is 3.09. The van der Waals surface area contributed by atoms with Crippen molar-refractivity contribution in [1.82, 2.24) is 0 Å². The van der Waals surface area contributed by atoms with Crippen LogP contribution in [0.1, 0.15) is 0 Å². The van der Waals surface area contributed by atoms with Crippen molar-refractivity contribution in [2.75, 3.05) is 7.11 Å². The topological polar surface area (TPSA) is 9.23 Å². The summed E-state index contributed by atoms with van der Waals surface area (Å²) >= 11 is 0. The van der Waals surface area contributed by atoms with Gasteiger partial charge in [-0.2, -0.15) is 0 Å². The van der Waals surface area contributed by atoms with E-state index >= 15 is 0 Å². The van der Waals surface area contributed by atoms with Crippen molar-refractivity contribution in [2.45, 2.75) is 6.55 Å². The maximum Gasteiger partial charge on any atom is 0.119 e. The van der Waals surface area contributed by atoms with Crippen LogP contribution < -0.4 is 15.1 Å². The highest BCUT2D eigenvalue weighted by atomic mass is 28.3. The van der Waals surface area contributed by atoms with E-state index < -0.39 is 8.80 Å². The van der Waals surface area contributed by atoms with Gasteiger partial charge in [0.1, 0.15) is 14.5 Å². The second-order valence-corrected chi connectivity index (χ2v) is 7.25. The summed E-state index contributed by atoms with van der Waals surface area (Å²) in [5.41, 5.74) is 0. The zero-order valence-electron chi connectivity index (χ0n) is 11.8. The molecule has 0 heterocycles. The van der Waals surface area contributed by atoms with Gasteiger partial charge in [0.05, 0.1) is 7.11 Å². The molecular formula is C18H17OSi. The lowest BCUT2D eigenvalue weighted by Gasteiger charge is -2.14. The SMILES string of the molecule is COc1cccc([Si](C)c2cccc3ccccc23)c1. The van der Waals surface area contributed by atoms with Gasteiger partial charge in [0.15, 0.2) is 0 Å². The quantitative estimate of drug-likeness (QED) is 0.669. The molecule has 0 aromatic heterocycles. The molecule has 0 fully saturated rings. The molecule has 20 heavy (non-hydrogen) atoms. The highest BCUT2D eigenvalue weighted by molar-refractivity contribution is 6.85. The van der Waals surface area contributed by atoms with Gasteiger partial charge in [-0.25, -0.2) is 0 Å². The van der Waals surface area contributed by atoms with Crippen LogP contribution in [0.2, 0.25) is 6.55 Å². The van der Waals surface area contributed by atoms with E-state index in [1.54, 1.807) is 7.11 Å². The van der Waals surface area contributed by atoms with Crippen molar-refractivity contribution >= 4 is 29.9 Å². The Labute approximate surface area is 121 Å². The molecule has 0 spiro atoms. The molecule has 0 N–H and O–H groups in total. The van der Waals surface area contributed by atoms with Crippen LogP contribution in [-0.4, -0.2) is 15.9 Å². The third kappa shape index (κ3) is 2.35. The third-order valence-corrected chi connectivity index (χ3v) is 6.12. The molecule has 0 unspecified atom stereocenters. The molecule has 0 bridgehead atoms. The fourth-order valence-electron chi connectivity index (χ4n) is 2.56. The Morgan fingerprint density at radius 3 is 2.45 bits per heavy atom. The molecule has 0 saturated heterocycles. The zero-order valence-corrected chi connectivity index (χ0v) is 12.8. The molecule has 3 aromatic rings. The molecule has 3 aromatic carbocycles. The van der Waals surface area contributed by atoms with Crippen LogP contribution in [0.5, 0.6) is 5.75 Å². The predicted molar refractivity (Wildman–Crippen MR) is 87.8 cm³/mol. The van der Waals surface area contributed by atoms with Crippen molar-refractivity contribution in [1.29, 1.82) is 0 Å². The number of hydrogen-bond donors (Lipinski definition) is 0. The minimum atomic E-state index is -0.782. The molecule has 0 amide bonds. The Hall–Kier alpha value is -2.06. The summed E-state index contributed by atoms with van der Waals surface area (Å²) in [4.78, 5) is 0. The highest BCUT2D eigenvalue weighted by Crippen LogP contribution is 2.13. The number of benzene rings is 3. The molecule has 1 radical (unpaired) electrons. The van der Waals surface area contributed by atoms with Crippen LogP contribution in [0.25, 0.3) is 10.8 Å². The van der Waals surface area contributed by atoms with Crippen LogP contribution in [0.4, 0.5) is 0 Å². The first-order chi connectivity index (χ1) is 9.79. The molecule has 1 nitrogen and oxygen atoms in total. The maximum absolute atomic E-state index is 5.34. The van der Waals surface area contributed by atoms with Gasteiger partial charge in [-0.15, -0.1) is 0 Å². The summed E-state index contributed by atoms with van der Waals surface area (Å²) < 4.78 is 5.34. The molecule has 0 saturated carbocycles. The van der Waals surface area contributed by atoms with Crippen LogP contribution in [-0.2, 0) is 0 Å². The van der Waals surface area contributed by atoms with Crippen molar-refractivity contribution < 1.29 is 4.74 Å². The van der Waals surface area contributed by atoms with Crippen molar-refractivity contribution in [2.24, 2.45) is 0 Å². The molecular weight excluding hydrogens is 260 g/mol. The van der Waals surface area contributed by atoms with Gasteiger partial charge < -0.3 is 4.74 Å². The van der Waals surface area contributed by atoms with Gasteiger partial charge in [0, 0.05) is 0 Å². The lowest BCUT2D eigenvalue weighted by Crippen LogP contribution is -2.39.